The highest BCUT2D eigenvalue weighted by molar-refractivity contribution is 6.67. The van der Waals surface area contributed by atoms with E-state index in [2.05, 4.69) is 0 Å². The van der Waals surface area contributed by atoms with E-state index in [0.29, 0.717) is 16.5 Å². The predicted octanol–water partition coefficient (Wildman–Crippen LogP) is 4.91. The molecule has 0 atom stereocenters. The lowest BCUT2D eigenvalue weighted by atomic mass is 10.2. The second kappa shape index (κ2) is 4.46. The van der Waals surface area contributed by atoms with Crippen molar-refractivity contribution in [2.45, 2.75) is 9.67 Å². The van der Waals surface area contributed by atoms with E-state index in [0.717, 1.165) is 5.56 Å². The van der Waals surface area contributed by atoms with Crippen molar-refractivity contribution in [2.24, 2.45) is 0 Å². The van der Waals surface area contributed by atoms with Crippen molar-refractivity contribution in [1.29, 1.82) is 0 Å². The van der Waals surface area contributed by atoms with Crippen LogP contribution in [-0.2, 0) is 9.67 Å². The minimum absolute atomic E-state index is 0.389. The molecule has 72 valence electrons. The van der Waals surface area contributed by atoms with Crippen LogP contribution in [0.3, 0.4) is 0 Å². The number of halogens is 5. The fourth-order valence-corrected chi connectivity index (χ4v) is 2.02. The first-order valence-corrected chi connectivity index (χ1v) is 5.41. The van der Waals surface area contributed by atoms with Crippen LogP contribution in [0, 0.1) is 0 Å². The van der Waals surface area contributed by atoms with Gasteiger partial charge in [0.1, 0.15) is 0 Å². The van der Waals surface area contributed by atoms with Crippen molar-refractivity contribution >= 4 is 58.0 Å². The van der Waals surface area contributed by atoms with E-state index in [1.807, 2.05) is 0 Å². The van der Waals surface area contributed by atoms with Gasteiger partial charge in [-0.25, -0.2) is 0 Å². The standard InChI is InChI=1S/C8H5Cl5/c9-4-5-1-2-6(7(10)3-5)8(11,12)13/h1-3H,4H2. The van der Waals surface area contributed by atoms with Gasteiger partial charge in [0.15, 0.2) is 0 Å². The first-order chi connectivity index (χ1) is 5.95. The Balaban J connectivity index is 3.13. The third-order valence-electron chi connectivity index (χ3n) is 1.49. The molecule has 0 N–H and O–H groups in total. The van der Waals surface area contributed by atoms with Gasteiger partial charge in [-0.1, -0.05) is 58.5 Å². The first-order valence-electron chi connectivity index (χ1n) is 3.36. The normalized spacial score (nSPS) is 11.8. The maximum atomic E-state index is 5.88. The molecule has 1 rings (SSSR count). The maximum absolute atomic E-state index is 5.88. The summed E-state index contributed by atoms with van der Waals surface area (Å²) in [5.74, 6) is 0.389. The van der Waals surface area contributed by atoms with Crippen molar-refractivity contribution < 1.29 is 0 Å². The lowest BCUT2D eigenvalue weighted by Gasteiger charge is -2.13. The van der Waals surface area contributed by atoms with E-state index in [1.54, 1.807) is 18.2 Å². The van der Waals surface area contributed by atoms with Gasteiger partial charge in [-0.15, -0.1) is 11.6 Å². The highest BCUT2D eigenvalue weighted by Gasteiger charge is 2.25. The third-order valence-corrected chi connectivity index (χ3v) is 2.73. The molecule has 1 aromatic carbocycles. The molecule has 0 heterocycles. The summed E-state index contributed by atoms with van der Waals surface area (Å²) < 4.78 is -1.48. The lowest BCUT2D eigenvalue weighted by Crippen LogP contribution is -2.01. The molecular formula is C8H5Cl5. The Hall–Kier alpha value is 0.670. The third kappa shape index (κ3) is 3.07. The molecule has 0 bridgehead atoms. The summed E-state index contributed by atoms with van der Waals surface area (Å²) in [6, 6.07) is 5.12. The maximum Gasteiger partial charge on any atom is 0.217 e. The number of hydrogen-bond acceptors (Lipinski definition) is 0. The molecule has 0 saturated carbocycles. The molecule has 0 amide bonds. The summed E-state index contributed by atoms with van der Waals surface area (Å²) in [7, 11) is 0. The molecule has 0 aliphatic carbocycles. The average Bonchev–Trinajstić information content (AvgIpc) is 2.01. The van der Waals surface area contributed by atoms with E-state index in [4.69, 9.17) is 58.0 Å². The topological polar surface area (TPSA) is 0 Å². The average molecular weight is 278 g/mol. The molecule has 0 radical (unpaired) electrons. The Kier molecular flexibility index (Phi) is 4.03. The van der Waals surface area contributed by atoms with Crippen LogP contribution >= 0.6 is 58.0 Å². The van der Waals surface area contributed by atoms with Crippen LogP contribution in [0.2, 0.25) is 5.02 Å². The van der Waals surface area contributed by atoms with E-state index in [-0.39, 0.29) is 0 Å². The molecule has 1 aromatic rings. The predicted molar refractivity (Wildman–Crippen MR) is 60.2 cm³/mol. The molecule has 0 aromatic heterocycles. The summed E-state index contributed by atoms with van der Waals surface area (Å²) in [6.07, 6.45) is 0. The molecule has 0 nitrogen and oxygen atoms in total. The minimum Gasteiger partial charge on any atom is -0.122 e. The van der Waals surface area contributed by atoms with Crippen molar-refractivity contribution in [1.82, 2.24) is 0 Å². The highest BCUT2D eigenvalue weighted by Crippen LogP contribution is 2.41. The molecule has 0 unspecified atom stereocenters. The van der Waals surface area contributed by atoms with Crippen molar-refractivity contribution in [3.05, 3.63) is 34.3 Å². The van der Waals surface area contributed by atoms with Gasteiger partial charge in [0.25, 0.3) is 0 Å². The van der Waals surface area contributed by atoms with Crippen LogP contribution < -0.4 is 0 Å². The lowest BCUT2D eigenvalue weighted by molar-refractivity contribution is 1.22. The first kappa shape index (κ1) is 11.7. The Morgan fingerprint density at radius 1 is 1.15 bits per heavy atom. The molecule has 0 aliphatic rings. The fraction of sp³-hybridized carbons (Fsp3) is 0.250. The second-order valence-electron chi connectivity index (χ2n) is 2.45. The fourth-order valence-electron chi connectivity index (χ4n) is 0.872. The molecule has 0 saturated heterocycles. The van der Waals surface area contributed by atoms with Crippen molar-refractivity contribution in [2.75, 3.05) is 0 Å². The summed E-state index contributed by atoms with van der Waals surface area (Å²) in [4.78, 5) is 0. The van der Waals surface area contributed by atoms with E-state index >= 15 is 0 Å². The quantitative estimate of drug-likeness (QED) is 0.641. The Labute approximate surface area is 102 Å². The smallest absolute Gasteiger partial charge is 0.122 e. The van der Waals surface area contributed by atoms with Gasteiger partial charge in [-0.2, -0.15) is 0 Å². The van der Waals surface area contributed by atoms with Crippen molar-refractivity contribution in [3.8, 4) is 0 Å². The number of benzene rings is 1. The van der Waals surface area contributed by atoms with Crippen LogP contribution in [0.25, 0.3) is 0 Å². The van der Waals surface area contributed by atoms with Crippen LogP contribution in [0.15, 0.2) is 18.2 Å². The van der Waals surface area contributed by atoms with E-state index in [1.165, 1.54) is 0 Å². The molecular weight excluding hydrogens is 273 g/mol. The van der Waals surface area contributed by atoms with Gasteiger partial charge in [-0.05, 0) is 11.6 Å². The van der Waals surface area contributed by atoms with E-state index < -0.39 is 3.79 Å². The van der Waals surface area contributed by atoms with Gasteiger partial charge < -0.3 is 0 Å². The minimum atomic E-state index is -1.48. The molecule has 0 fully saturated rings. The summed E-state index contributed by atoms with van der Waals surface area (Å²) >= 11 is 28.5. The number of rotatable bonds is 1. The van der Waals surface area contributed by atoms with Crippen LogP contribution in [0.5, 0.6) is 0 Å². The van der Waals surface area contributed by atoms with Crippen molar-refractivity contribution in [3.63, 3.8) is 0 Å². The largest absolute Gasteiger partial charge is 0.217 e. The van der Waals surface area contributed by atoms with Gasteiger partial charge in [0.05, 0.1) is 0 Å². The number of hydrogen-bond donors (Lipinski definition) is 0. The van der Waals surface area contributed by atoms with Gasteiger partial charge >= 0.3 is 0 Å². The summed E-state index contributed by atoms with van der Waals surface area (Å²) in [5.41, 5.74) is 1.36. The zero-order valence-corrected chi connectivity index (χ0v) is 10.1. The molecule has 0 spiro atoms. The zero-order chi connectivity index (χ0) is 10.1. The van der Waals surface area contributed by atoms with Gasteiger partial charge in [0, 0.05) is 16.5 Å². The van der Waals surface area contributed by atoms with Crippen LogP contribution in [0.4, 0.5) is 0 Å². The Bertz CT molecular complexity index is 302. The monoisotopic (exact) mass is 276 g/mol. The van der Waals surface area contributed by atoms with Gasteiger partial charge in [0.2, 0.25) is 3.79 Å². The summed E-state index contributed by atoms with van der Waals surface area (Å²) in [6.45, 7) is 0. The second-order valence-corrected chi connectivity index (χ2v) is 5.40. The van der Waals surface area contributed by atoms with Crippen LogP contribution in [0.1, 0.15) is 11.1 Å². The highest BCUT2D eigenvalue weighted by atomic mass is 35.6. The van der Waals surface area contributed by atoms with Crippen LogP contribution in [-0.4, -0.2) is 0 Å². The molecule has 0 aliphatic heterocycles. The Morgan fingerprint density at radius 3 is 2.15 bits per heavy atom. The molecule has 13 heavy (non-hydrogen) atoms. The number of alkyl halides is 4. The Morgan fingerprint density at radius 2 is 1.77 bits per heavy atom. The summed E-state index contributed by atoms with van der Waals surface area (Å²) in [5, 5.41) is 0.415. The zero-order valence-electron chi connectivity index (χ0n) is 6.33. The van der Waals surface area contributed by atoms with Gasteiger partial charge in [-0.3, -0.25) is 0 Å². The van der Waals surface area contributed by atoms with E-state index in [9.17, 15) is 0 Å². The SMILES string of the molecule is ClCc1ccc(C(Cl)(Cl)Cl)c(Cl)c1. The molecule has 5 heteroatoms.